The van der Waals surface area contributed by atoms with Crippen molar-refractivity contribution in [3.05, 3.63) is 58.4 Å². The highest BCUT2D eigenvalue weighted by molar-refractivity contribution is 5.85. The third kappa shape index (κ3) is 3.44. The number of aromatic hydroxyl groups is 1. The lowest BCUT2D eigenvalue weighted by atomic mass is 10.0. The number of methoxy groups -OCH3 is 1. The Morgan fingerprint density at radius 1 is 1.19 bits per heavy atom. The normalized spacial score (nSPS) is 12.3. The van der Waals surface area contributed by atoms with Crippen molar-refractivity contribution in [2.75, 3.05) is 7.11 Å². The van der Waals surface area contributed by atoms with E-state index >= 15 is 0 Å². The third-order valence-electron chi connectivity index (χ3n) is 4.66. The topological polar surface area (TPSA) is 71.7 Å². The second kappa shape index (κ2) is 7.62. The van der Waals surface area contributed by atoms with Crippen LogP contribution in [0.1, 0.15) is 25.8 Å². The SMILES string of the molecule is CC[C@H](C)NCc1c(O)ccc2c(=O)c(-c3ccc(OC)cc3)coc12. The minimum atomic E-state index is -0.124. The Kier molecular flexibility index (Phi) is 5.28. The van der Waals surface area contributed by atoms with E-state index in [-0.39, 0.29) is 11.2 Å². The van der Waals surface area contributed by atoms with Gasteiger partial charge in [-0.2, -0.15) is 0 Å². The zero-order valence-corrected chi connectivity index (χ0v) is 15.2. The van der Waals surface area contributed by atoms with Crippen molar-refractivity contribution in [2.24, 2.45) is 0 Å². The number of phenols is 1. The zero-order valence-electron chi connectivity index (χ0n) is 15.2. The van der Waals surface area contributed by atoms with Crippen LogP contribution in [0, 0.1) is 0 Å². The molecular formula is C21H23NO4. The molecule has 5 heteroatoms. The Labute approximate surface area is 152 Å². The van der Waals surface area contributed by atoms with Crippen LogP contribution in [0.3, 0.4) is 0 Å². The van der Waals surface area contributed by atoms with Crippen LogP contribution in [-0.2, 0) is 6.54 Å². The average molecular weight is 353 g/mol. The van der Waals surface area contributed by atoms with Crippen molar-refractivity contribution in [1.82, 2.24) is 5.32 Å². The standard InChI is InChI=1S/C21H23NO4/c1-4-13(2)22-11-17-19(23)10-9-16-20(24)18(12-26-21(16)17)14-5-7-15(25-3)8-6-14/h5-10,12-13,22-23H,4,11H2,1-3H3/t13-/m0/s1. The van der Waals surface area contributed by atoms with E-state index < -0.39 is 0 Å². The highest BCUT2D eigenvalue weighted by atomic mass is 16.5. The fourth-order valence-corrected chi connectivity index (χ4v) is 2.81. The first-order valence-electron chi connectivity index (χ1n) is 8.69. The first kappa shape index (κ1) is 18.0. The molecule has 2 aromatic carbocycles. The predicted octanol–water partition coefficient (Wildman–Crippen LogP) is 4.06. The van der Waals surface area contributed by atoms with Crippen molar-refractivity contribution in [3.63, 3.8) is 0 Å². The fourth-order valence-electron chi connectivity index (χ4n) is 2.81. The molecule has 0 saturated heterocycles. The summed E-state index contributed by atoms with van der Waals surface area (Å²) in [6, 6.07) is 10.7. The molecule has 0 fully saturated rings. The number of phenolic OH excluding ortho intramolecular Hbond substituents is 1. The van der Waals surface area contributed by atoms with Crippen LogP contribution in [0.4, 0.5) is 0 Å². The summed E-state index contributed by atoms with van der Waals surface area (Å²) in [6.07, 6.45) is 2.43. The monoisotopic (exact) mass is 353 g/mol. The van der Waals surface area contributed by atoms with Gasteiger partial charge >= 0.3 is 0 Å². The highest BCUT2D eigenvalue weighted by Gasteiger charge is 2.15. The van der Waals surface area contributed by atoms with Crippen molar-refractivity contribution in [3.8, 4) is 22.6 Å². The van der Waals surface area contributed by atoms with Gasteiger partial charge in [0.05, 0.1) is 23.6 Å². The van der Waals surface area contributed by atoms with E-state index in [1.165, 1.54) is 6.26 Å². The van der Waals surface area contributed by atoms with Crippen molar-refractivity contribution < 1.29 is 14.3 Å². The van der Waals surface area contributed by atoms with Crippen molar-refractivity contribution in [1.29, 1.82) is 0 Å². The van der Waals surface area contributed by atoms with E-state index in [9.17, 15) is 9.90 Å². The van der Waals surface area contributed by atoms with Gasteiger partial charge in [0.2, 0.25) is 5.43 Å². The first-order valence-corrected chi connectivity index (χ1v) is 8.69. The van der Waals surface area contributed by atoms with Crippen LogP contribution >= 0.6 is 0 Å². The second-order valence-corrected chi connectivity index (χ2v) is 6.34. The van der Waals surface area contributed by atoms with Crippen LogP contribution in [0.15, 0.2) is 51.9 Å². The first-order chi connectivity index (χ1) is 12.5. The Hall–Kier alpha value is -2.79. The molecule has 0 aliphatic heterocycles. The molecule has 3 aromatic rings. The van der Waals surface area contributed by atoms with E-state index in [0.29, 0.717) is 34.7 Å². The highest BCUT2D eigenvalue weighted by Crippen LogP contribution is 2.28. The van der Waals surface area contributed by atoms with Crippen LogP contribution in [-0.4, -0.2) is 18.3 Å². The minimum absolute atomic E-state index is 0.119. The number of benzene rings is 2. The summed E-state index contributed by atoms with van der Waals surface area (Å²) < 4.78 is 10.9. The maximum absolute atomic E-state index is 12.9. The van der Waals surface area contributed by atoms with E-state index in [2.05, 4.69) is 19.2 Å². The number of nitrogens with one attached hydrogen (secondary N) is 1. The number of hydrogen-bond acceptors (Lipinski definition) is 5. The minimum Gasteiger partial charge on any atom is -0.507 e. The Morgan fingerprint density at radius 2 is 1.92 bits per heavy atom. The molecule has 2 N–H and O–H groups in total. The molecule has 0 aliphatic rings. The van der Waals surface area contributed by atoms with Gasteiger partial charge in [0, 0.05) is 12.6 Å². The molecule has 0 radical (unpaired) electrons. The summed E-state index contributed by atoms with van der Waals surface area (Å²) in [4.78, 5) is 12.9. The summed E-state index contributed by atoms with van der Waals surface area (Å²) in [6.45, 7) is 4.59. The van der Waals surface area contributed by atoms with E-state index in [4.69, 9.17) is 9.15 Å². The summed E-state index contributed by atoms with van der Waals surface area (Å²) in [7, 11) is 1.60. The molecule has 0 spiro atoms. The fraction of sp³-hybridized carbons (Fsp3) is 0.286. The molecule has 0 unspecified atom stereocenters. The summed E-state index contributed by atoms with van der Waals surface area (Å²) in [5.74, 6) is 0.843. The van der Waals surface area contributed by atoms with E-state index in [0.717, 1.165) is 17.7 Å². The molecule has 1 heterocycles. The summed E-state index contributed by atoms with van der Waals surface area (Å²) >= 11 is 0. The lowest BCUT2D eigenvalue weighted by molar-refractivity contribution is 0.415. The van der Waals surface area contributed by atoms with Crippen molar-refractivity contribution >= 4 is 11.0 Å². The molecule has 0 saturated carbocycles. The molecule has 0 aliphatic carbocycles. The van der Waals surface area contributed by atoms with E-state index in [1.807, 2.05) is 12.1 Å². The second-order valence-electron chi connectivity index (χ2n) is 6.34. The lowest BCUT2D eigenvalue weighted by Crippen LogP contribution is -2.24. The Bertz CT molecular complexity index is 960. The van der Waals surface area contributed by atoms with Gasteiger partial charge in [0.25, 0.3) is 0 Å². The maximum Gasteiger partial charge on any atom is 0.200 e. The van der Waals surface area contributed by atoms with Gasteiger partial charge in [-0.1, -0.05) is 19.1 Å². The van der Waals surface area contributed by atoms with Gasteiger partial charge in [-0.25, -0.2) is 0 Å². The van der Waals surface area contributed by atoms with E-state index in [1.54, 1.807) is 31.4 Å². The smallest absolute Gasteiger partial charge is 0.200 e. The predicted molar refractivity (Wildman–Crippen MR) is 103 cm³/mol. The Morgan fingerprint density at radius 3 is 2.58 bits per heavy atom. The van der Waals surface area contributed by atoms with Crippen LogP contribution in [0.2, 0.25) is 0 Å². The maximum atomic E-state index is 12.9. The van der Waals surface area contributed by atoms with Gasteiger partial charge in [-0.3, -0.25) is 4.79 Å². The number of fused-ring (bicyclic) bond motifs is 1. The molecule has 136 valence electrons. The van der Waals surface area contributed by atoms with Gasteiger partial charge in [-0.15, -0.1) is 0 Å². The van der Waals surface area contributed by atoms with Gasteiger partial charge in [-0.05, 0) is 43.2 Å². The molecule has 1 aromatic heterocycles. The lowest BCUT2D eigenvalue weighted by Gasteiger charge is -2.14. The third-order valence-corrected chi connectivity index (χ3v) is 4.66. The molecule has 0 amide bonds. The van der Waals surface area contributed by atoms with Crippen LogP contribution in [0.25, 0.3) is 22.1 Å². The molecular weight excluding hydrogens is 330 g/mol. The Balaban J connectivity index is 2.06. The molecule has 26 heavy (non-hydrogen) atoms. The molecule has 5 nitrogen and oxygen atoms in total. The van der Waals surface area contributed by atoms with Crippen LogP contribution < -0.4 is 15.5 Å². The summed E-state index contributed by atoms with van der Waals surface area (Å²) in [5, 5.41) is 14.0. The van der Waals surface area contributed by atoms with Gasteiger partial charge in [0.1, 0.15) is 23.3 Å². The van der Waals surface area contributed by atoms with Crippen molar-refractivity contribution in [2.45, 2.75) is 32.9 Å². The summed E-state index contributed by atoms with van der Waals surface area (Å²) in [5.41, 5.74) is 2.13. The van der Waals surface area contributed by atoms with Crippen LogP contribution in [0.5, 0.6) is 11.5 Å². The zero-order chi connectivity index (χ0) is 18.7. The quantitative estimate of drug-likeness (QED) is 0.699. The van der Waals surface area contributed by atoms with Gasteiger partial charge in [0.15, 0.2) is 0 Å². The molecule has 0 bridgehead atoms. The number of ether oxygens (including phenoxy) is 1. The number of rotatable bonds is 6. The number of hydrogen-bond donors (Lipinski definition) is 2. The van der Waals surface area contributed by atoms with Gasteiger partial charge < -0.3 is 19.6 Å². The average Bonchev–Trinajstić information content (AvgIpc) is 2.67. The largest absolute Gasteiger partial charge is 0.507 e. The molecule has 3 rings (SSSR count). The molecule has 1 atom stereocenters.